The summed E-state index contributed by atoms with van der Waals surface area (Å²) in [5.41, 5.74) is 3.35. The van der Waals surface area contributed by atoms with Crippen molar-refractivity contribution >= 4 is 33.4 Å². The molecule has 0 spiro atoms. The summed E-state index contributed by atoms with van der Waals surface area (Å²) in [6, 6.07) is 12.3. The number of aryl methyl sites for hydroxylation is 2. The summed E-state index contributed by atoms with van der Waals surface area (Å²) in [4.78, 5) is 25.1. The van der Waals surface area contributed by atoms with Crippen LogP contribution < -0.4 is 10.6 Å². The van der Waals surface area contributed by atoms with Crippen molar-refractivity contribution in [3.05, 3.63) is 63.6 Å². The van der Waals surface area contributed by atoms with Gasteiger partial charge in [0.2, 0.25) is 5.91 Å². The molecule has 0 aliphatic heterocycles. The van der Waals surface area contributed by atoms with E-state index in [2.05, 4.69) is 26.6 Å². The lowest BCUT2D eigenvalue weighted by molar-refractivity contribution is -0.118. The number of carbonyl (C=O) groups excluding carboxylic acids is 2. The minimum Gasteiger partial charge on any atom is -0.340 e. The highest BCUT2D eigenvalue weighted by atomic mass is 79.9. The number of hydrogen-bond donors (Lipinski definition) is 2. The first kappa shape index (κ1) is 19.2. The fraction of sp³-hybridized carbons (Fsp3) is 0.300. The first-order valence-electron chi connectivity index (χ1n) is 8.22. The SMILES string of the molecule is Cc1ccc(C)c(NC(=O)[C@@H](NC(=O)c2ccc(Br)cc2)C(C)C)c1. The van der Waals surface area contributed by atoms with E-state index in [1.54, 1.807) is 24.3 Å². The molecule has 0 aliphatic rings. The van der Waals surface area contributed by atoms with E-state index in [-0.39, 0.29) is 17.7 Å². The predicted octanol–water partition coefficient (Wildman–Crippen LogP) is 4.46. The van der Waals surface area contributed by atoms with Gasteiger partial charge in [-0.15, -0.1) is 0 Å². The van der Waals surface area contributed by atoms with Crippen LogP contribution in [0.15, 0.2) is 46.9 Å². The first-order valence-corrected chi connectivity index (χ1v) is 9.02. The van der Waals surface area contributed by atoms with E-state index in [1.807, 2.05) is 45.9 Å². The molecule has 0 aliphatic carbocycles. The zero-order valence-corrected chi connectivity index (χ0v) is 16.5. The molecule has 2 rings (SSSR count). The molecule has 5 heteroatoms. The molecule has 2 amide bonds. The van der Waals surface area contributed by atoms with Crippen LogP contribution in [0, 0.1) is 19.8 Å². The van der Waals surface area contributed by atoms with Crippen LogP contribution in [0.25, 0.3) is 0 Å². The van der Waals surface area contributed by atoms with Crippen molar-refractivity contribution in [3.63, 3.8) is 0 Å². The summed E-state index contributed by atoms with van der Waals surface area (Å²) in [6.45, 7) is 7.74. The number of benzene rings is 2. The van der Waals surface area contributed by atoms with Gasteiger partial charge in [-0.1, -0.05) is 41.9 Å². The first-order chi connectivity index (χ1) is 11.8. The summed E-state index contributed by atoms with van der Waals surface area (Å²) in [6.07, 6.45) is 0. The number of hydrogen-bond acceptors (Lipinski definition) is 2. The minimum atomic E-state index is -0.615. The van der Waals surface area contributed by atoms with Crippen LogP contribution in [-0.2, 0) is 4.79 Å². The van der Waals surface area contributed by atoms with Crippen molar-refractivity contribution in [2.24, 2.45) is 5.92 Å². The lowest BCUT2D eigenvalue weighted by atomic mass is 10.0. The average Bonchev–Trinajstić information content (AvgIpc) is 2.56. The third kappa shape index (κ3) is 5.16. The molecule has 0 radical (unpaired) electrons. The zero-order chi connectivity index (χ0) is 18.6. The van der Waals surface area contributed by atoms with E-state index in [0.717, 1.165) is 21.3 Å². The molecule has 0 saturated carbocycles. The third-order valence-corrected chi connectivity index (χ3v) is 4.52. The van der Waals surface area contributed by atoms with Gasteiger partial charge in [-0.05, 0) is 61.2 Å². The Labute approximate surface area is 157 Å². The topological polar surface area (TPSA) is 58.2 Å². The average molecular weight is 403 g/mol. The van der Waals surface area contributed by atoms with Gasteiger partial charge in [0.05, 0.1) is 0 Å². The van der Waals surface area contributed by atoms with E-state index < -0.39 is 6.04 Å². The van der Waals surface area contributed by atoms with Crippen LogP contribution in [0.5, 0.6) is 0 Å². The summed E-state index contributed by atoms with van der Waals surface area (Å²) in [7, 11) is 0. The minimum absolute atomic E-state index is 0.0375. The van der Waals surface area contributed by atoms with E-state index >= 15 is 0 Å². The maximum absolute atomic E-state index is 12.7. The Morgan fingerprint density at radius 2 is 1.64 bits per heavy atom. The Bertz CT molecular complexity index is 770. The zero-order valence-electron chi connectivity index (χ0n) is 14.9. The van der Waals surface area contributed by atoms with Crippen LogP contribution in [0.2, 0.25) is 0 Å². The molecular weight excluding hydrogens is 380 g/mol. The standard InChI is InChI=1S/C20H23BrN2O2/c1-12(2)18(23-19(24)15-7-9-16(21)10-8-15)20(25)22-17-11-13(3)5-6-14(17)4/h5-12,18H,1-4H3,(H,22,25)(H,23,24)/t18-/m0/s1. The van der Waals surface area contributed by atoms with Crippen molar-refractivity contribution in [1.82, 2.24) is 5.32 Å². The highest BCUT2D eigenvalue weighted by molar-refractivity contribution is 9.10. The molecule has 0 heterocycles. The second-order valence-electron chi connectivity index (χ2n) is 6.51. The quantitative estimate of drug-likeness (QED) is 0.775. The molecule has 2 aromatic rings. The van der Waals surface area contributed by atoms with Gasteiger partial charge in [0.25, 0.3) is 5.91 Å². The maximum atomic E-state index is 12.7. The van der Waals surface area contributed by atoms with Crippen molar-refractivity contribution in [2.75, 3.05) is 5.32 Å². The normalized spacial score (nSPS) is 11.9. The van der Waals surface area contributed by atoms with Gasteiger partial charge in [0, 0.05) is 15.7 Å². The van der Waals surface area contributed by atoms with Crippen LogP contribution in [0.4, 0.5) is 5.69 Å². The summed E-state index contributed by atoms with van der Waals surface area (Å²) >= 11 is 3.35. The number of halogens is 1. The maximum Gasteiger partial charge on any atom is 0.251 e. The number of nitrogens with one attached hydrogen (secondary N) is 2. The van der Waals surface area contributed by atoms with E-state index in [4.69, 9.17) is 0 Å². The Hall–Kier alpha value is -2.14. The Balaban J connectivity index is 2.14. The van der Waals surface area contributed by atoms with Gasteiger partial charge in [0.15, 0.2) is 0 Å². The molecule has 0 fully saturated rings. The number of carbonyl (C=O) groups is 2. The molecule has 0 aromatic heterocycles. The van der Waals surface area contributed by atoms with Gasteiger partial charge in [-0.3, -0.25) is 9.59 Å². The van der Waals surface area contributed by atoms with Gasteiger partial charge >= 0.3 is 0 Å². The largest absolute Gasteiger partial charge is 0.340 e. The van der Waals surface area contributed by atoms with Crippen molar-refractivity contribution in [1.29, 1.82) is 0 Å². The fourth-order valence-corrected chi connectivity index (χ4v) is 2.71. The van der Waals surface area contributed by atoms with E-state index in [0.29, 0.717) is 5.56 Å². The summed E-state index contributed by atoms with van der Waals surface area (Å²) in [5.74, 6) is -0.513. The summed E-state index contributed by atoms with van der Waals surface area (Å²) < 4.78 is 0.900. The third-order valence-electron chi connectivity index (χ3n) is 3.99. The second kappa shape index (κ2) is 8.30. The molecular formula is C20H23BrN2O2. The Morgan fingerprint density at radius 1 is 1.00 bits per heavy atom. The Kier molecular flexibility index (Phi) is 6.37. The predicted molar refractivity (Wildman–Crippen MR) is 105 cm³/mol. The molecule has 4 nitrogen and oxygen atoms in total. The van der Waals surface area contributed by atoms with Crippen LogP contribution in [0.3, 0.4) is 0 Å². The van der Waals surface area contributed by atoms with Crippen LogP contribution >= 0.6 is 15.9 Å². The van der Waals surface area contributed by atoms with Gasteiger partial charge in [-0.25, -0.2) is 0 Å². The van der Waals surface area contributed by atoms with Gasteiger partial charge < -0.3 is 10.6 Å². The lowest BCUT2D eigenvalue weighted by Gasteiger charge is -2.22. The molecule has 1 atom stereocenters. The van der Waals surface area contributed by atoms with E-state index in [9.17, 15) is 9.59 Å². The van der Waals surface area contributed by atoms with Crippen molar-refractivity contribution in [3.8, 4) is 0 Å². The number of rotatable bonds is 5. The molecule has 0 unspecified atom stereocenters. The van der Waals surface area contributed by atoms with Crippen LogP contribution in [0.1, 0.15) is 35.3 Å². The second-order valence-corrected chi connectivity index (χ2v) is 7.43. The van der Waals surface area contributed by atoms with Crippen molar-refractivity contribution in [2.45, 2.75) is 33.7 Å². The van der Waals surface area contributed by atoms with Crippen LogP contribution in [-0.4, -0.2) is 17.9 Å². The molecule has 25 heavy (non-hydrogen) atoms. The number of amides is 2. The van der Waals surface area contributed by atoms with E-state index in [1.165, 1.54) is 0 Å². The summed E-state index contributed by atoms with van der Waals surface area (Å²) in [5, 5.41) is 5.78. The highest BCUT2D eigenvalue weighted by Crippen LogP contribution is 2.18. The Morgan fingerprint density at radius 3 is 2.24 bits per heavy atom. The molecule has 0 bridgehead atoms. The van der Waals surface area contributed by atoms with Crippen molar-refractivity contribution < 1.29 is 9.59 Å². The highest BCUT2D eigenvalue weighted by Gasteiger charge is 2.25. The molecule has 132 valence electrons. The lowest BCUT2D eigenvalue weighted by Crippen LogP contribution is -2.47. The molecule has 2 aromatic carbocycles. The molecule has 2 N–H and O–H groups in total. The molecule has 0 saturated heterocycles. The number of anilines is 1. The van der Waals surface area contributed by atoms with Gasteiger partial charge in [-0.2, -0.15) is 0 Å². The smallest absolute Gasteiger partial charge is 0.251 e. The fourth-order valence-electron chi connectivity index (χ4n) is 2.44. The monoisotopic (exact) mass is 402 g/mol. The van der Waals surface area contributed by atoms with Gasteiger partial charge in [0.1, 0.15) is 6.04 Å².